The first kappa shape index (κ1) is 22.1. The molecule has 0 aromatic heterocycles. The van der Waals surface area contributed by atoms with E-state index in [0.717, 1.165) is 18.4 Å². The van der Waals surface area contributed by atoms with Gasteiger partial charge in [-0.2, -0.15) is 0 Å². The van der Waals surface area contributed by atoms with Crippen molar-refractivity contribution in [3.05, 3.63) is 60.7 Å². The normalized spacial score (nSPS) is 11.2. The molecule has 0 bridgehead atoms. The Hall–Kier alpha value is -1.23. The Balaban J connectivity index is 1.85. The summed E-state index contributed by atoms with van der Waals surface area (Å²) in [6.45, 7) is 10.7. The lowest BCUT2D eigenvalue weighted by Gasteiger charge is -2.25. The Morgan fingerprint density at radius 1 is 0.667 bits per heavy atom. The van der Waals surface area contributed by atoms with E-state index < -0.39 is 14.1 Å². The molecule has 2 aromatic rings. The Morgan fingerprint density at radius 3 is 1.59 bits per heavy atom. The predicted octanol–water partition coefficient (Wildman–Crippen LogP) is 7.80. The first-order valence-corrected chi connectivity index (χ1v) is 13.4. The summed E-state index contributed by atoms with van der Waals surface area (Å²) in [5.41, 5.74) is 2.60. The smallest absolute Gasteiger partial charge is 0.262 e. The van der Waals surface area contributed by atoms with E-state index in [9.17, 15) is 0 Å². The van der Waals surface area contributed by atoms with Gasteiger partial charge in [-0.05, 0) is 30.7 Å². The van der Waals surface area contributed by atoms with Crippen molar-refractivity contribution in [2.45, 2.75) is 62.8 Å². The van der Waals surface area contributed by atoms with Gasteiger partial charge in [-0.15, -0.1) is 0 Å². The second-order valence-corrected chi connectivity index (χ2v) is 12.0. The number of para-hydroxylation sites is 2. The van der Waals surface area contributed by atoms with Gasteiger partial charge in [-0.25, -0.2) is 0 Å². The molecule has 0 aliphatic heterocycles. The van der Waals surface area contributed by atoms with E-state index >= 15 is 0 Å². The fourth-order valence-electron chi connectivity index (χ4n) is 4.17. The molecular weight excluding hydrogens is 341 g/mol. The zero-order valence-electron chi connectivity index (χ0n) is 17.9. The molecule has 2 heteroatoms. The van der Waals surface area contributed by atoms with E-state index in [1.165, 1.54) is 46.5 Å². The molecule has 0 amide bonds. The summed E-state index contributed by atoms with van der Waals surface area (Å²) < 4.78 is 0. The van der Waals surface area contributed by atoms with Gasteiger partial charge in [-0.3, -0.25) is 0 Å². The van der Waals surface area contributed by atoms with Crippen LogP contribution in [0.15, 0.2) is 60.7 Å². The van der Waals surface area contributed by atoms with Crippen LogP contribution in [0.2, 0.25) is 15.8 Å². The first-order chi connectivity index (χ1) is 13.1. The zero-order chi connectivity index (χ0) is 19.5. The summed E-state index contributed by atoms with van der Waals surface area (Å²) in [6, 6.07) is 21.6. The summed E-state index contributed by atoms with van der Waals surface area (Å²) in [5, 5.41) is 4.59. The van der Waals surface area contributed by atoms with Crippen LogP contribution >= 0.6 is 0 Å². The summed E-state index contributed by atoms with van der Waals surface area (Å²) in [6.07, 6.45) is 4.05. The molecule has 0 heterocycles. The highest BCUT2D eigenvalue weighted by atomic mass is 27.2. The van der Waals surface area contributed by atoms with Crippen molar-refractivity contribution < 1.29 is 0 Å². The molecule has 0 aliphatic carbocycles. The van der Waals surface area contributed by atoms with Crippen LogP contribution in [0, 0.1) is 11.8 Å². The van der Waals surface area contributed by atoms with Gasteiger partial charge in [0, 0.05) is 17.9 Å². The van der Waals surface area contributed by atoms with Crippen molar-refractivity contribution in [2.24, 2.45) is 11.8 Å². The second kappa shape index (κ2) is 12.3. The Morgan fingerprint density at radius 2 is 1.15 bits per heavy atom. The minimum absolute atomic E-state index is 0.549. The molecular formula is C25H38AlN. The van der Waals surface area contributed by atoms with E-state index in [4.69, 9.17) is 0 Å². The van der Waals surface area contributed by atoms with Gasteiger partial charge >= 0.3 is 0 Å². The van der Waals surface area contributed by atoms with E-state index in [1.807, 2.05) is 0 Å². The molecule has 0 spiro atoms. The quantitative estimate of drug-likeness (QED) is 0.268. The molecule has 27 heavy (non-hydrogen) atoms. The minimum atomic E-state index is -0.549. The lowest BCUT2D eigenvalue weighted by molar-refractivity contribution is 0.670. The maximum absolute atomic E-state index is 2.47. The summed E-state index contributed by atoms with van der Waals surface area (Å²) in [4.78, 5) is 2.47. The van der Waals surface area contributed by atoms with Crippen molar-refractivity contribution in [3.63, 3.8) is 0 Å². The van der Waals surface area contributed by atoms with Gasteiger partial charge in [0.05, 0.1) is 0 Å². The fraction of sp³-hybridized carbons (Fsp3) is 0.520. The predicted molar refractivity (Wildman–Crippen MR) is 124 cm³/mol. The number of benzene rings is 2. The molecule has 0 aliphatic rings. The molecule has 1 nitrogen and oxygen atoms in total. The second-order valence-electron chi connectivity index (χ2n) is 8.80. The van der Waals surface area contributed by atoms with E-state index in [0.29, 0.717) is 0 Å². The van der Waals surface area contributed by atoms with Gasteiger partial charge in [0.15, 0.2) is 0 Å². The molecule has 0 N–H and O–H groups in total. The molecule has 0 unspecified atom stereocenters. The van der Waals surface area contributed by atoms with Gasteiger partial charge in [0.1, 0.15) is 0 Å². The van der Waals surface area contributed by atoms with Crippen LogP contribution < -0.4 is 4.90 Å². The Kier molecular flexibility index (Phi) is 10.0. The standard InChI is InChI=1S/C17H20N.2C4H9.Al/c1-2-3-10-15-18(16-11-6-4-7-12-16)17-13-8-5-9-14-17;2*1-4(2)3;/h4-9,11-14H,1-3,10,15H2;2*4H,1H2,2-3H3;. The summed E-state index contributed by atoms with van der Waals surface area (Å²) in [5.74, 6) is 1.76. The van der Waals surface area contributed by atoms with Crippen LogP contribution in [0.25, 0.3) is 0 Å². The van der Waals surface area contributed by atoms with E-state index in [2.05, 4.69) is 93.3 Å². The van der Waals surface area contributed by atoms with E-state index in [1.54, 1.807) is 0 Å². The monoisotopic (exact) mass is 379 g/mol. The molecule has 146 valence electrons. The van der Waals surface area contributed by atoms with E-state index in [-0.39, 0.29) is 0 Å². The van der Waals surface area contributed by atoms with Crippen LogP contribution in [-0.4, -0.2) is 20.7 Å². The van der Waals surface area contributed by atoms with Crippen molar-refractivity contribution in [3.8, 4) is 0 Å². The Labute approximate surface area is 172 Å². The van der Waals surface area contributed by atoms with Crippen LogP contribution in [0.5, 0.6) is 0 Å². The molecule has 2 aromatic carbocycles. The van der Waals surface area contributed by atoms with Crippen molar-refractivity contribution in [1.82, 2.24) is 0 Å². The third-order valence-electron chi connectivity index (χ3n) is 5.24. The number of rotatable bonds is 12. The highest BCUT2D eigenvalue weighted by molar-refractivity contribution is 6.58. The average Bonchev–Trinajstić information content (AvgIpc) is 2.65. The first-order valence-electron chi connectivity index (χ1n) is 10.9. The van der Waals surface area contributed by atoms with Crippen molar-refractivity contribution in [1.29, 1.82) is 0 Å². The summed E-state index contributed by atoms with van der Waals surface area (Å²) >= 11 is -0.549. The number of hydrogen-bond acceptors (Lipinski definition) is 1. The molecule has 0 saturated carbocycles. The van der Waals surface area contributed by atoms with Crippen LogP contribution in [0.4, 0.5) is 11.4 Å². The zero-order valence-corrected chi connectivity index (χ0v) is 19.1. The third kappa shape index (κ3) is 8.55. The molecule has 0 atom stereocenters. The number of nitrogens with zero attached hydrogens (tertiary/aromatic N) is 1. The SMILES string of the molecule is CC(C)[CH2][Al]([CH2]CCCCN(c1ccccc1)c1ccccc1)[CH2]C(C)C. The molecule has 0 radical (unpaired) electrons. The average molecular weight is 380 g/mol. The van der Waals surface area contributed by atoms with Gasteiger partial charge in [0.2, 0.25) is 0 Å². The number of unbranched alkanes of at least 4 members (excludes halogenated alkanes) is 2. The van der Waals surface area contributed by atoms with Crippen molar-refractivity contribution in [2.75, 3.05) is 11.4 Å². The van der Waals surface area contributed by atoms with Gasteiger partial charge in [0.25, 0.3) is 14.1 Å². The summed E-state index contributed by atoms with van der Waals surface area (Å²) in [7, 11) is 0. The fourth-order valence-corrected chi connectivity index (χ4v) is 8.36. The van der Waals surface area contributed by atoms with Crippen LogP contribution in [0.3, 0.4) is 0 Å². The van der Waals surface area contributed by atoms with Crippen molar-refractivity contribution >= 4 is 25.5 Å². The van der Waals surface area contributed by atoms with Crippen LogP contribution in [0.1, 0.15) is 47.0 Å². The van der Waals surface area contributed by atoms with Gasteiger partial charge in [-0.1, -0.05) is 105 Å². The lowest BCUT2D eigenvalue weighted by Crippen LogP contribution is -2.19. The largest absolute Gasteiger partial charge is 0.341 e. The highest BCUT2D eigenvalue weighted by Crippen LogP contribution is 2.26. The van der Waals surface area contributed by atoms with Gasteiger partial charge < -0.3 is 4.90 Å². The lowest BCUT2D eigenvalue weighted by atomic mass is 10.2. The maximum atomic E-state index is 2.47. The molecule has 0 fully saturated rings. The molecule has 2 rings (SSSR count). The Bertz CT molecular complexity index is 559. The third-order valence-corrected chi connectivity index (χ3v) is 9.68. The maximum Gasteiger partial charge on any atom is 0.262 e. The molecule has 0 saturated heterocycles. The van der Waals surface area contributed by atoms with Crippen LogP contribution in [-0.2, 0) is 0 Å². The minimum Gasteiger partial charge on any atom is -0.341 e. The topological polar surface area (TPSA) is 3.24 Å². The number of hydrogen-bond donors (Lipinski definition) is 0. The number of anilines is 2. The highest BCUT2D eigenvalue weighted by Gasteiger charge is 2.19.